The fourth-order valence-electron chi connectivity index (χ4n) is 4.63. The van der Waals surface area contributed by atoms with Gasteiger partial charge < -0.3 is 14.5 Å². The third-order valence-electron chi connectivity index (χ3n) is 6.40. The highest BCUT2D eigenvalue weighted by atomic mass is 16.5. The summed E-state index contributed by atoms with van der Waals surface area (Å²) in [4.78, 5) is 21.5. The number of nitriles is 1. The minimum Gasteiger partial charge on any atom is -0.377 e. The normalized spacial score (nSPS) is 18.0. The van der Waals surface area contributed by atoms with Crippen LogP contribution in [0.4, 0.5) is 5.82 Å². The summed E-state index contributed by atoms with van der Waals surface area (Å²) in [5.74, 6) is 0.602. The average molecular weight is 444 g/mol. The zero-order valence-electron chi connectivity index (χ0n) is 18.7. The van der Waals surface area contributed by atoms with E-state index in [0.29, 0.717) is 43.4 Å². The number of carbonyl (C=O) groups excluding carboxylic acids is 1. The maximum atomic E-state index is 13.1. The van der Waals surface area contributed by atoms with Crippen molar-refractivity contribution in [2.75, 3.05) is 31.2 Å². The van der Waals surface area contributed by atoms with E-state index in [1.165, 1.54) is 5.56 Å². The predicted molar refractivity (Wildman–Crippen MR) is 121 cm³/mol. The number of hydrogen-bond donors (Lipinski definition) is 0. The van der Waals surface area contributed by atoms with Gasteiger partial charge in [0.1, 0.15) is 11.9 Å². The highest BCUT2D eigenvalue weighted by molar-refractivity contribution is 5.93. The summed E-state index contributed by atoms with van der Waals surface area (Å²) in [6.45, 7) is 6.89. The van der Waals surface area contributed by atoms with Gasteiger partial charge in [-0.05, 0) is 49.6 Å². The molecule has 0 bridgehead atoms. The second kappa shape index (κ2) is 8.64. The number of benzene rings is 1. The number of aromatic nitrogens is 4. The number of anilines is 1. The van der Waals surface area contributed by atoms with Gasteiger partial charge in [0.2, 0.25) is 0 Å². The summed E-state index contributed by atoms with van der Waals surface area (Å²) in [5, 5.41) is 18.1. The van der Waals surface area contributed by atoms with Crippen molar-refractivity contribution in [2.24, 2.45) is 0 Å². The van der Waals surface area contributed by atoms with Gasteiger partial charge in [-0.25, -0.2) is 9.67 Å². The van der Waals surface area contributed by atoms with E-state index in [9.17, 15) is 10.1 Å². The SMILES string of the molecule is Cc1c(C(=O)N2CCOC[C@@H]2C)nnn1-c1cccc2c1CCN(c1ncccc1C#N)C2. The van der Waals surface area contributed by atoms with Crippen molar-refractivity contribution in [3.63, 3.8) is 0 Å². The van der Waals surface area contributed by atoms with Crippen LogP contribution in [0.2, 0.25) is 0 Å². The summed E-state index contributed by atoms with van der Waals surface area (Å²) in [6, 6.07) is 11.9. The van der Waals surface area contributed by atoms with Crippen molar-refractivity contribution < 1.29 is 9.53 Å². The molecule has 5 rings (SSSR count). The number of fused-ring (bicyclic) bond motifs is 1. The Morgan fingerprint density at radius 1 is 1.24 bits per heavy atom. The molecule has 1 saturated heterocycles. The standard InChI is InChI=1S/C24H25N7O2/c1-16-15-33-12-11-30(16)24(32)22-17(2)31(28-27-22)21-7-3-5-19-14-29(10-8-20(19)21)23-18(13-25)6-4-9-26-23/h3-7,9,16H,8,10-12,14-15H2,1-2H3/t16-/m0/s1. The molecule has 2 aliphatic rings. The van der Waals surface area contributed by atoms with E-state index in [2.05, 4.69) is 32.3 Å². The molecule has 2 aromatic heterocycles. The summed E-state index contributed by atoms with van der Waals surface area (Å²) >= 11 is 0. The van der Waals surface area contributed by atoms with Crippen molar-refractivity contribution in [3.05, 3.63) is 64.6 Å². The van der Waals surface area contributed by atoms with Gasteiger partial charge in [0.05, 0.1) is 36.2 Å². The molecule has 1 fully saturated rings. The maximum absolute atomic E-state index is 13.1. The number of amides is 1. The molecule has 1 amide bonds. The second-order valence-corrected chi connectivity index (χ2v) is 8.43. The number of hydrogen-bond acceptors (Lipinski definition) is 7. The maximum Gasteiger partial charge on any atom is 0.276 e. The van der Waals surface area contributed by atoms with E-state index < -0.39 is 0 Å². The molecule has 0 saturated carbocycles. The zero-order valence-corrected chi connectivity index (χ0v) is 18.7. The fraction of sp³-hybridized carbons (Fsp3) is 0.375. The van der Waals surface area contributed by atoms with Crippen molar-refractivity contribution in [3.8, 4) is 11.8 Å². The third-order valence-corrected chi connectivity index (χ3v) is 6.40. The quantitative estimate of drug-likeness (QED) is 0.612. The summed E-state index contributed by atoms with van der Waals surface area (Å²) in [5.41, 5.74) is 4.95. The summed E-state index contributed by atoms with van der Waals surface area (Å²) < 4.78 is 7.23. The Balaban J connectivity index is 1.45. The minimum atomic E-state index is -0.107. The van der Waals surface area contributed by atoms with Crippen LogP contribution in [-0.2, 0) is 17.7 Å². The lowest BCUT2D eigenvalue weighted by molar-refractivity contribution is 0.00322. The topological polar surface area (TPSA) is 100 Å². The molecule has 0 unspecified atom stereocenters. The summed E-state index contributed by atoms with van der Waals surface area (Å²) in [7, 11) is 0. The van der Waals surface area contributed by atoms with Gasteiger partial charge >= 0.3 is 0 Å². The lowest BCUT2D eigenvalue weighted by Crippen LogP contribution is -2.47. The molecule has 1 aromatic carbocycles. The fourth-order valence-corrected chi connectivity index (χ4v) is 4.63. The molecule has 0 spiro atoms. The first-order chi connectivity index (χ1) is 16.1. The van der Waals surface area contributed by atoms with E-state index in [0.717, 1.165) is 29.9 Å². The Kier molecular flexibility index (Phi) is 5.52. The van der Waals surface area contributed by atoms with E-state index in [1.807, 2.05) is 30.9 Å². The van der Waals surface area contributed by atoms with Crippen LogP contribution in [0.3, 0.4) is 0 Å². The average Bonchev–Trinajstić information content (AvgIpc) is 3.24. The number of pyridine rings is 1. The minimum absolute atomic E-state index is 0.0103. The molecule has 33 heavy (non-hydrogen) atoms. The molecule has 2 aliphatic heterocycles. The zero-order chi connectivity index (χ0) is 22.9. The first-order valence-electron chi connectivity index (χ1n) is 11.1. The van der Waals surface area contributed by atoms with E-state index >= 15 is 0 Å². The van der Waals surface area contributed by atoms with Crippen LogP contribution in [0.1, 0.15) is 39.8 Å². The van der Waals surface area contributed by atoms with Crippen LogP contribution in [-0.4, -0.2) is 63.1 Å². The highest BCUT2D eigenvalue weighted by Gasteiger charge is 2.30. The molecule has 1 atom stereocenters. The van der Waals surface area contributed by atoms with Gasteiger partial charge in [0, 0.05) is 25.8 Å². The first-order valence-corrected chi connectivity index (χ1v) is 11.1. The highest BCUT2D eigenvalue weighted by Crippen LogP contribution is 2.29. The molecule has 9 nitrogen and oxygen atoms in total. The molecular weight excluding hydrogens is 418 g/mol. The second-order valence-electron chi connectivity index (χ2n) is 8.43. The van der Waals surface area contributed by atoms with E-state index in [1.54, 1.807) is 23.0 Å². The smallest absolute Gasteiger partial charge is 0.276 e. The first kappa shape index (κ1) is 21.1. The molecule has 3 aromatic rings. The van der Waals surface area contributed by atoms with Gasteiger partial charge in [-0.15, -0.1) is 5.10 Å². The predicted octanol–water partition coefficient (Wildman–Crippen LogP) is 2.27. The number of morpholine rings is 1. The van der Waals surface area contributed by atoms with E-state index in [-0.39, 0.29) is 11.9 Å². The van der Waals surface area contributed by atoms with Crippen molar-refractivity contribution >= 4 is 11.7 Å². The Bertz CT molecular complexity index is 1250. The number of ether oxygens (including phenoxy) is 1. The molecule has 9 heteroatoms. The van der Waals surface area contributed by atoms with Crippen molar-refractivity contribution in [1.82, 2.24) is 24.9 Å². The van der Waals surface area contributed by atoms with Crippen molar-refractivity contribution in [1.29, 1.82) is 5.26 Å². The lowest BCUT2D eigenvalue weighted by Gasteiger charge is -2.32. The molecule has 4 heterocycles. The lowest BCUT2D eigenvalue weighted by atomic mass is 9.97. The number of nitrogens with zero attached hydrogens (tertiary/aromatic N) is 7. The van der Waals surface area contributed by atoms with Gasteiger partial charge in [-0.1, -0.05) is 17.3 Å². The van der Waals surface area contributed by atoms with Crippen LogP contribution in [0, 0.1) is 18.3 Å². The third kappa shape index (κ3) is 3.72. The molecular formula is C24H25N7O2. The van der Waals surface area contributed by atoms with Gasteiger partial charge in [0.15, 0.2) is 5.69 Å². The van der Waals surface area contributed by atoms with Crippen molar-refractivity contribution in [2.45, 2.75) is 32.9 Å². The van der Waals surface area contributed by atoms with Crippen LogP contribution in [0.15, 0.2) is 36.5 Å². The van der Waals surface area contributed by atoms with Crippen LogP contribution in [0.5, 0.6) is 0 Å². The number of rotatable bonds is 3. The van der Waals surface area contributed by atoms with E-state index in [4.69, 9.17) is 4.74 Å². The molecule has 0 N–H and O–H groups in total. The Hall–Kier alpha value is -3.77. The Morgan fingerprint density at radius 3 is 2.94 bits per heavy atom. The molecule has 0 radical (unpaired) electrons. The number of carbonyl (C=O) groups is 1. The van der Waals surface area contributed by atoms with Crippen LogP contribution in [0.25, 0.3) is 5.69 Å². The summed E-state index contributed by atoms with van der Waals surface area (Å²) in [6.07, 6.45) is 2.49. The molecule has 0 aliphatic carbocycles. The monoisotopic (exact) mass is 443 g/mol. The van der Waals surface area contributed by atoms with Gasteiger partial charge in [-0.3, -0.25) is 4.79 Å². The Morgan fingerprint density at radius 2 is 2.12 bits per heavy atom. The Labute approximate surface area is 192 Å². The van der Waals surface area contributed by atoms with Crippen LogP contribution >= 0.6 is 0 Å². The molecule has 168 valence electrons. The van der Waals surface area contributed by atoms with Gasteiger partial charge in [0.25, 0.3) is 5.91 Å². The van der Waals surface area contributed by atoms with Gasteiger partial charge in [-0.2, -0.15) is 5.26 Å². The van der Waals surface area contributed by atoms with Crippen LogP contribution < -0.4 is 4.90 Å². The largest absolute Gasteiger partial charge is 0.377 e.